The highest BCUT2D eigenvalue weighted by atomic mass is 16.4. The van der Waals surface area contributed by atoms with E-state index in [1.165, 1.54) is 0 Å². The van der Waals surface area contributed by atoms with E-state index >= 15 is 0 Å². The molecule has 1 aromatic rings. The molecule has 5 heteroatoms. The first-order valence-corrected chi connectivity index (χ1v) is 6.31. The minimum Gasteiger partial charge on any atom is -0.480 e. The van der Waals surface area contributed by atoms with Gasteiger partial charge in [-0.05, 0) is 31.4 Å². The largest absolute Gasteiger partial charge is 0.480 e. The van der Waals surface area contributed by atoms with E-state index in [2.05, 4.69) is 5.32 Å². The molecule has 0 saturated carbocycles. The van der Waals surface area contributed by atoms with Crippen LogP contribution in [0, 0.1) is 0 Å². The van der Waals surface area contributed by atoms with Crippen LogP contribution >= 0.6 is 0 Å². The fourth-order valence-electron chi connectivity index (χ4n) is 1.65. The normalized spacial score (nSPS) is 13.6. The number of carbonyl (C=O) groups excluding carboxylic acids is 1. The number of carbonyl (C=O) groups is 2. The molecule has 1 aromatic carbocycles. The summed E-state index contributed by atoms with van der Waals surface area (Å²) in [4.78, 5) is 22.9. The molecule has 1 rings (SSSR count). The Morgan fingerprint density at radius 1 is 1.21 bits per heavy atom. The number of amides is 1. The van der Waals surface area contributed by atoms with Crippen molar-refractivity contribution in [2.75, 3.05) is 0 Å². The maximum absolute atomic E-state index is 11.8. The Labute approximate surface area is 112 Å². The highest BCUT2D eigenvalue weighted by Crippen LogP contribution is 2.06. The van der Waals surface area contributed by atoms with Crippen molar-refractivity contribution >= 4 is 11.9 Å². The van der Waals surface area contributed by atoms with Crippen molar-refractivity contribution < 1.29 is 19.8 Å². The number of aliphatic hydroxyl groups is 1. The predicted octanol–water partition coefficient (Wildman–Crippen LogP) is 1.42. The van der Waals surface area contributed by atoms with Crippen LogP contribution in [0.2, 0.25) is 0 Å². The third kappa shape index (κ3) is 5.09. The van der Waals surface area contributed by atoms with Crippen LogP contribution in [-0.4, -0.2) is 34.2 Å². The van der Waals surface area contributed by atoms with Gasteiger partial charge in [-0.15, -0.1) is 0 Å². The van der Waals surface area contributed by atoms with Crippen molar-refractivity contribution in [3.63, 3.8) is 0 Å². The summed E-state index contributed by atoms with van der Waals surface area (Å²) in [6.45, 7) is 1.82. The average Bonchev–Trinajstić information content (AvgIpc) is 2.43. The zero-order valence-electron chi connectivity index (χ0n) is 10.9. The van der Waals surface area contributed by atoms with Gasteiger partial charge in [0.25, 0.3) is 5.91 Å². The fourth-order valence-corrected chi connectivity index (χ4v) is 1.65. The predicted molar refractivity (Wildman–Crippen MR) is 70.9 cm³/mol. The van der Waals surface area contributed by atoms with Gasteiger partial charge in [0, 0.05) is 5.56 Å². The van der Waals surface area contributed by atoms with Crippen LogP contribution in [0.4, 0.5) is 0 Å². The quantitative estimate of drug-likeness (QED) is 0.696. The lowest BCUT2D eigenvalue weighted by Crippen LogP contribution is -2.41. The molecule has 0 radical (unpaired) electrons. The summed E-state index contributed by atoms with van der Waals surface area (Å²) in [5.41, 5.74) is 0.421. The number of hydrogen-bond donors (Lipinski definition) is 3. The highest BCUT2D eigenvalue weighted by Gasteiger charge is 2.21. The maximum atomic E-state index is 11.8. The minimum atomic E-state index is -1.09. The topological polar surface area (TPSA) is 86.6 Å². The third-order valence-electron chi connectivity index (χ3n) is 2.90. The summed E-state index contributed by atoms with van der Waals surface area (Å²) in [5.74, 6) is -1.51. The summed E-state index contributed by atoms with van der Waals surface area (Å²) in [7, 11) is 0. The Morgan fingerprint density at radius 3 is 2.37 bits per heavy atom. The summed E-state index contributed by atoms with van der Waals surface area (Å²) in [6.07, 6.45) is 0.597. The second-order valence-electron chi connectivity index (χ2n) is 4.37. The van der Waals surface area contributed by atoms with Crippen LogP contribution in [0.1, 0.15) is 36.5 Å². The molecular weight excluding hydrogens is 246 g/mol. The number of rotatable bonds is 7. The Hall–Kier alpha value is -1.88. The van der Waals surface area contributed by atoms with Crippen LogP contribution in [-0.2, 0) is 4.79 Å². The number of benzene rings is 1. The molecule has 0 bridgehead atoms. The highest BCUT2D eigenvalue weighted by molar-refractivity contribution is 5.96. The second-order valence-corrected chi connectivity index (χ2v) is 4.37. The number of aliphatic hydroxyl groups excluding tert-OH is 1. The lowest BCUT2D eigenvalue weighted by molar-refractivity contribution is -0.139. The van der Waals surface area contributed by atoms with Gasteiger partial charge in [0.15, 0.2) is 0 Å². The first-order valence-electron chi connectivity index (χ1n) is 6.31. The van der Waals surface area contributed by atoms with E-state index in [0.29, 0.717) is 18.4 Å². The monoisotopic (exact) mass is 265 g/mol. The van der Waals surface area contributed by atoms with Crippen molar-refractivity contribution in [1.29, 1.82) is 0 Å². The summed E-state index contributed by atoms with van der Waals surface area (Å²) >= 11 is 0. The van der Waals surface area contributed by atoms with Crippen LogP contribution in [0.5, 0.6) is 0 Å². The van der Waals surface area contributed by atoms with Crippen molar-refractivity contribution in [1.82, 2.24) is 5.32 Å². The van der Waals surface area contributed by atoms with E-state index in [1.807, 2.05) is 6.92 Å². The summed E-state index contributed by atoms with van der Waals surface area (Å²) in [5, 5.41) is 21.0. The molecular formula is C14H19NO4. The van der Waals surface area contributed by atoms with E-state index in [1.54, 1.807) is 30.3 Å². The number of carboxylic acids is 1. The molecule has 0 heterocycles. The van der Waals surface area contributed by atoms with E-state index in [-0.39, 0.29) is 6.42 Å². The van der Waals surface area contributed by atoms with Crippen molar-refractivity contribution in [2.24, 2.45) is 0 Å². The standard InChI is InChI=1S/C14H19NO4/c1-2-11(16)8-9-12(14(18)19)15-13(17)10-6-4-3-5-7-10/h3-7,11-12,16H,2,8-9H2,1H3,(H,15,17)(H,18,19)/t11-,12-/m1/s1. The number of carboxylic acid groups (broad SMARTS) is 1. The van der Waals surface area contributed by atoms with Gasteiger partial charge in [-0.2, -0.15) is 0 Å². The molecule has 0 aromatic heterocycles. The SMILES string of the molecule is CC[C@@H](O)CC[C@@H](NC(=O)c1ccccc1)C(=O)O. The van der Waals surface area contributed by atoms with Gasteiger partial charge in [-0.3, -0.25) is 4.79 Å². The Balaban J connectivity index is 2.59. The van der Waals surface area contributed by atoms with Crippen LogP contribution in [0.15, 0.2) is 30.3 Å². The molecule has 0 spiro atoms. The Morgan fingerprint density at radius 2 is 1.84 bits per heavy atom. The molecule has 0 fully saturated rings. The van der Waals surface area contributed by atoms with Crippen molar-refractivity contribution in [2.45, 2.75) is 38.3 Å². The molecule has 1 amide bonds. The van der Waals surface area contributed by atoms with E-state index < -0.39 is 24.0 Å². The Bertz CT molecular complexity index is 419. The summed E-state index contributed by atoms with van der Waals surface area (Å²) < 4.78 is 0. The van der Waals surface area contributed by atoms with Gasteiger partial charge >= 0.3 is 5.97 Å². The van der Waals surface area contributed by atoms with Gasteiger partial charge in [-0.25, -0.2) is 4.79 Å². The molecule has 0 aliphatic carbocycles. The van der Waals surface area contributed by atoms with Gasteiger partial charge in [0.2, 0.25) is 0 Å². The number of aliphatic carboxylic acids is 1. The van der Waals surface area contributed by atoms with Crippen molar-refractivity contribution in [3.8, 4) is 0 Å². The summed E-state index contributed by atoms with van der Waals surface area (Å²) in [6, 6.07) is 7.47. The minimum absolute atomic E-state index is 0.211. The molecule has 5 nitrogen and oxygen atoms in total. The zero-order chi connectivity index (χ0) is 14.3. The van der Waals surface area contributed by atoms with Crippen molar-refractivity contribution in [3.05, 3.63) is 35.9 Å². The van der Waals surface area contributed by atoms with Gasteiger partial charge < -0.3 is 15.5 Å². The maximum Gasteiger partial charge on any atom is 0.326 e. The average molecular weight is 265 g/mol. The van der Waals surface area contributed by atoms with Crippen LogP contribution in [0.25, 0.3) is 0 Å². The van der Waals surface area contributed by atoms with Crippen LogP contribution in [0.3, 0.4) is 0 Å². The zero-order valence-corrected chi connectivity index (χ0v) is 10.9. The lowest BCUT2D eigenvalue weighted by Gasteiger charge is -2.16. The van der Waals surface area contributed by atoms with Gasteiger partial charge in [0.1, 0.15) is 6.04 Å². The fraction of sp³-hybridized carbons (Fsp3) is 0.429. The number of hydrogen-bond acceptors (Lipinski definition) is 3. The van der Waals surface area contributed by atoms with Crippen LogP contribution < -0.4 is 5.32 Å². The molecule has 104 valence electrons. The molecule has 19 heavy (non-hydrogen) atoms. The molecule has 3 N–H and O–H groups in total. The van der Waals surface area contributed by atoms with E-state index in [9.17, 15) is 14.7 Å². The second kappa shape index (κ2) is 7.53. The number of nitrogens with one attached hydrogen (secondary N) is 1. The lowest BCUT2D eigenvalue weighted by atomic mass is 10.1. The first kappa shape index (κ1) is 15.2. The molecule has 0 aliphatic rings. The molecule has 0 aliphatic heterocycles. The van der Waals surface area contributed by atoms with Gasteiger partial charge in [0.05, 0.1) is 6.10 Å². The first-order chi connectivity index (χ1) is 9.04. The third-order valence-corrected chi connectivity index (χ3v) is 2.90. The molecule has 0 saturated heterocycles. The van der Waals surface area contributed by atoms with E-state index in [0.717, 1.165) is 0 Å². The molecule has 0 unspecified atom stereocenters. The Kier molecular flexibility index (Phi) is 6.02. The van der Waals surface area contributed by atoms with E-state index in [4.69, 9.17) is 5.11 Å². The molecule has 2 atom stereocenters. The van der Waals surface area contributed by atoms with Gasteiger partial charge in [-0.1, -0.05) is 25.1 Å². The smallest absolute Gasteiger partial charge is 0.326 e.